The molecule has 144 valence electrons. The van der Waals surface area contributed by atoms with E-state index in [0.717, 1.165) is 11.1 Å². The highest BCUT2D eigenvalue weighted by molar-refractivity contribution is 7.89. The maximum absolute atomic E-state index is 12.9. The second-order valence-corrected chi connectivity index (χ2v) is 9.26. The molecule has 3 rings (SSSR count). The van der Waals surface area contributed by atoms with Crippen molar-refractivity contribution in [1.29, 1.82) is 0 Å². The Labute approximate surface area is 169 Å². The quantitative estimate of drug-likeness (QED) is 0.750. The fraction of sp³-hybridized carbons (Fsp3) is 0.316. The van der Waals surface area contributed by atoms with Crippen molar-refractivity contribution in [2.75, 3.05) is 26.2 Å². The van der Waals surface area contributed by atoms with E-state index < -0.39 is 10.0 Å². The first-order chi connectivity index (χ1) is 12.7. The third-order valence-electron chi connectivity index (χ3n) is 4.66. The van der Waals surface area contributed by atoms with E-state index in [9.17, 15) is 13.2 Å². The van der Waals surface area contributed by atoms with Crippen molar-refractivity contribution in [3.8, 4) is 0 Å². The van der Waals surface area contributed by atoms with Crippen LogP contribution >= 0.6 is 23.2 Å². The molecule has 0 aliphatic carbocycles. The predicted octanol–water partition coefficient (Wildman–Crippen LogP) is 3.76. The Balaban J connectivity index is 1.75. The normalized spacial score (nSPS) is 15.8. The van der Waals surface area contributed by atoms with E-state index in [1.54, 1.807) is 42.2 Å². The summed E-state index contributed by atoms with van der Waals surface area (Å²) in [7, 11) is -3.59. The monoisotopic (exact) mass is 426 g/mol. The van der Waals surface area contributed by atoms with Gasteiger partial charge in [0.25, 0.3) is 5.91 Å². The first kappa shape index (κ1) is 20.1. The summed E-state index contributed by atoms with van der Waals surface area (Å²) in [5.41, 5.74) is 2.06. The molecule has 8 heteroatoms. The highest BCUT2D eigenvalue weighted by Crippen LogP contribution is 2.27. The van der Waals surface area contributed by atoms with Gasteiger partial charge in [-0.15, -0.1) is 0 Å². The van der Waals surface area contributed by atoms with Crippen LogP contribution in [-0.2, 0) is 10.0 Å². The van der Waals surface area contributed by atoms with Gasteiger partial charge in [0.1, 0.15) is 0 Å². The summed E-state index contributed by atoms with van der Waals surface area (Å²) in [6.45, 7) is 4.78. The molecular weight excluding hydrogens is 407 g/mol. The van der Waals surface area contributed by atoms with E-state index in [1.165, 1.54) is 4.31 Å². The van der Waals surface area contributed by atoms with Crippen LogP contribution in [0.1, 0.15) is 21.5 Å². The predicted molar refractivity (Wildman–Crippen MR) is 107 cm³/mol. The molecule has 1 aliphatic heterocycles. The summed E-state index contributed by atoms with van der Waals surface area (Å²) in [4.78, 5) is 14.6. The number of rotatable bonds is 3. The minimum absolute atomic E-state index is 0.217. The van der Waals surface area contributed by atoms with Crippen molar-refractivity contribution in [2.24, 2.45) is 0 Å². The van der Waals surface area contributed by atoms with Crippen molar-refractivity contribution in [3.05, 3.63) is 63.1 Å². The fourth-order valence-corrected chi connectivity index (χ4v) is 5.21. The minimum atomic E-state index is -3.59. The highest BCUT2D eigenvalue weighted by Gasteiger charge is 2.31. The largest absolute Gasteiger partial charge is 0.336 e. The van der Waals surface area contributed by atoms with Crippen LogP contribution in [0.5, 0.6) is 0 Å². The highest BCUT2D eigenvalue weighted by atomic mass is 35.5. The van der Waals surface area contributed by atoms with Crippen LogP contribution in [0, 0.1) is 13.8 Å². The molecule has 0 bridgehead atoms. The Morgan fingerprint density at radius 2 is 1.67 bits per heavy atom. The summed E-state index contributed by atoms with van der Waals surface area (Å²) in [6.07, 6.45) is 0. The summed E-state index contributed by atoms with van der Waals surface area (Å²) < 4.78 is 27.3. The van der Waals surface area contributed by atoms with Gasteiger partial charge in [0, 0.05) is 26.2 Å². The standard InChI is InChI=1S/C19H20Cl2N2O3S/c1-13-6-7-17(14(2)12-13)27(25,26)23-10-8-22(9-11-23)19(24)15-4-3-5-16(20)18(15)21/h3-7,12H,8-11H2,1-2H3. The molecule has 0 saturated carbocycles. The van der Waals surface area contributed by atoms with Crippen LogP contribution in [0.4, 0.5) is 0 Å². The number of benzene rings is 2. The first-order valence-electron chi connectivity index (χ1n) is 8.52. The second kappa shape index (κ2) is 7.80. The number of hydrogen-bond acceptors (Lipinski definition) is 3. The van der Waals surface area contributed by atoms with Crippen LogP contribution in [-0.4, -0.2) is 49.7 Å². The zero-order valence-electron chi connectivity index (χ0n) is 15.1. The van der Waals surface area contributed by atoms with Crippen LogP contribution < -0.4 is 0 Å². The van der Waals surface area contributed by atoms with E-state index in [4.69, 9.17) is 23.2 Å². The smallest absolute Gasteiger partial charge is 0.255 e. The average molecular weight is 427 g/mol. The number of piperazine rings is 1. The number of nitrogens with zero attached hydrogens (tertiary/aromatic N) is 2. The summed E-state index contributed by atoms with van der Waals surface area (Å²) in [5.74, 6) is -0.244. The number of amides is 1. The van der Waals surface area contributed by atoms with Crippen molar-refractivity contribution in [3.63, 3.8) is 0 Å². The van der Waals surface area contributed by atoms with E-state index in [0.29, 0.717) is 28.6 Å². The summed E-state index contributed by atoms with van der Waals surface area (Å²) in [6, 6.07) is 10.2. The fourth-order valence-electron chi connectivity index (χ4n) is 3.20. The number of hydrogen-bond donors (Lipinski definition) is 0. The van der Waals surface area contributed by atoms with Gasteiger partial charge in [0.15, 0.2) is 0 Å². The number of halogens is 2. The topological polar surface area (TPSA) is 57.7 Å². The second-order valence-electron chi connectivity index (χ2n) is 6.57. The molecule has 1 fully saturated rings. The minimum Gasteiger partial charge on any atom is -0.336 e. The summed E-state index contributed by atoms with van der Waals surface area (Å²) in [5, 5.41) is 0.535. The molecule has 0 aromatic heterocycles. The molecule has 2 aromatic rings. The van der Waals surface area contributed by atoms with Gasteiger partial charge in [0.05, 0.1) is 20.5 Å². The molecule has 1 aliphatic rings. The Morgan fingerprint density at radius 3 is 2.30 bits per heavy atom. The van der Waals surface area contributed by atoms with Gasteiger partial charge in [-0.1, -0.05) is 47.0 Å². The van der Waals surface area contributed by atoms with Gasteiger partial charge >= 0.3 is 0 Å². The van der Waals surface area contributed by atoms with Gasteiger partial charge in [-0.25, -0.2) is 8.42 Å². The third kappa shape index (κ3) is 3.99. The van der Waals surface area contributed by atoms with Gasteiger partial charge in [0.2, 0.25) is 10.0 Å². The number of carbonyl (C=O) groups is 1. The molecule has 0 spiro atoms. The molecule has 0 N–H and O–H groups in total. The Kier molecular flexibility index (Phi) is 5.82. The lowest BCUT2D eigenvalue weighted by Gasteiger charge is -2.34. The molecule has 0 radical (unpaired) electrons. The first-order valence-corrected chi connectivity index (χ1v) is 10.7. The zero-order chi connectivity index (χ0) is 19.8. The van der Waals surface area contributed by atoms with Crippen LogP contribution in [0.3, 0.4) is 0 Å². The molecule has 1 amide bonds. The van der Waals surface area contributed by atoms with E-state index >= 15 is 0 Å². The third-order valence-corrected chi connectivity index (χ3v) is 7.53. The molecule has 2 aromatic carbocycles. The molecular formula is C19H20Cl2N2O3S. The Morgan fingerprint density at radius 1 is 1.00 bits per heavy atom. The zero-order valence-corrected chi connectivity index (χ0v) is 17.4. The number of carbonyl (C=O) groups excluding carboxylic acids is 1. The molecule has 27 heavy (non-hydrogen) atoms. The summed E-state index contributed by atoms with van der Waals surface area (Å²) >= 11 is 12.1. The SMILES string of the molecule is Cc1ccc(S(=O)(=O)N2CCN(C(=O)c3cccc(Cl)c3Cl)CC2)c(C)c1. The average Bonchev–Trinajstić information content (AvgIpc) is 2.63. The molecule has 1 saturated heterocycles. The maximum Gasteiger partial charge on any atom is 0.255 e. The van der Waals surface area contributed by atoms with Gasteiger partial charge in [-0.2, -0.15) is 4.31 Å². The Bertz CT molecular complexity index is 984. The lowest BCUT2D eigenvalue weighted by molar-refractivity contribution is 0.0698. The molecule has 0 atom stereocenters. The lowest BCUT2D eigenvalue weighted by atomic mass is 10.2. The lowest BCUT2D eigenvalue weighted by Crippen LogP contribution is -2.50. The van der Waals surface area contributed by atoms with Crippen LogP contribution in [0.25, 0.3) is 0 Å². The maximum atomic E-state index is 12.9. The van der Waals surface area contributed by atoms with Crippen molar-refractivity contribution >= 4 is 39.1 Å². The molecule has 1 heterocycles. The Hall–Kier alpha value is -1.60. The van der Waals surface area contributed by atoms with E-state index in [1.807, 2.05) is 13.0 Å². The van der Waals surface area contributed by atoms with E-state index in [2.05, 4.69) is 0 Å². The van der Waals surface area contributed by atoms with Crippen molar-refractivity contribution in [1.82, 2.24) is 9.21 Å². The van der Waals surface area contributed by atoms with Crippen LogP contribution in [0.2, 0.25) is 10.0 Å². The van der Waals surface area contributed by atoms with E-state index in [-0.39, 0.29) is 24.0 Å². The van der Waals surface area contributed by atoms with Crippen molar-refractivity contribution in [2.45, 2.75) is 18.7 Å². The number of aryl methyl sites for hydroxylation is 2. The van der Waals surface area contributed by atoms with Gasteiger partial charge in [-0.3, -0.25) is 4.79 Å². The van der Waals surface area contributed by atoms with Gasteiger partial charge in [-0.05, 0) is 37.6 Å². The molecule has 0 unspecified atom stereocenters. The van der Waals surface area contributed by atoms with Crippen molar-refractivity contribution < 1.29 is 13.2 Å². The van der Waals surface area contributed by atoms with Crippen LogP contribution in [0.15, 0.2) is 41.3 Å². The number of sulfonamides is 1. The van der Waals surface area contributed by atoms with Gasteiger partial charge < -0.3 is 4.90 Å². The molecule has 5 nitrogen and oxygen atoms in total.